The van der Waals surface area contributed by atoms with Crippen LogP contribution in [0.4, 0.5) is 8.78 Å². The highest BCUT2D eigenvalue weighted by molar-refractivity contribution is 6.02. The summed E-state index contributed by atoms with van der Waals surface area (Å²) < 4.78 is 24.7. The molecule has 0 saturated heterocycles. The van der Waals surface area contributed by atoms with Gasteiger partial charge in [0, 0.05) is 18.4 Å². The van der Waals surface area contributed by atoms with Crippen molar-refractivity contribution in [1.29, 1.82) is 0 Å². The van der Waals surface area contributed by atoms with Gasteiger partial charge in [0.15, 0.2) is 0 Å². The third-order valence-corrected chi connectivity index (χ3v) is 3.00. The first kappa shape index (κ1) is 11.9. The Bertz CT molecular complexity index is 421. The highest BCUT2D eigenvalue weighted by atomic mass is 19.3. The molecular formula is C13H12F2O2. The van der Waals surface area contributed by atoms with E-state index in [1.165, 1.54) is 12.1 Å². The lowest BCUT2D eigenvalue weighted by atomic mass is 9.82. The van der Waals surface area contributed by atoms with Crippen LogP contribution in [0, 0.1) is 0 Å². The Morgan fingerprint density at radius 3 is 2.00 bits per heavy atom. The van der Waals surface area contributed by atoms with E-state index in [9.17, 15) is 18.4 Å². The van der Waals surface area contributed by atoms with Crippen molar-refractivity contribution in [1.82, 2.24) is 0 Å². The fourth-order valence-electron chi connectivity index (χ4n) is 2.14. The van der Waals surface area contributed by atoms with Crippen molar-refractivity contribution in [3.63, 3.8) is 0 Å². The first-order valence-corrected chi connectivity index (χ1v) is 5.47. The summed E-state index contributed by atoms with van der Waals surface area (Å²) >= 11 is 0. The molecule has 17 heavy (non-hydrogen) atoms. The van der Waals surface area contributed by atoms with Gasteiger partial charge < -0.3 is 0 Å². The van der Waals surface area contributed by atoms with Crippen molar-refractivity contribution in [2.75, 3.05) is 0 Å². The van der Waals surface area contributed by atoms with Crippen LogP contribution in [0.2, 0.25) is 0 Å². The number of halogens is 2. The van der Waals surface area contributed by atoms with Crippen LogP contribution in [0.15, 0.2) is 24.3 Å². The van der Waals surface area contributed by atoms with Gasteiger partial charge in [-0.15, -0.1) is 0 Å². The lowest BCUT2D eigenvalue weighted by Crippen LogP contribution is -2.21. The molecule has 2 rings (SSSR count). The third-order valence-electron chi connectivity index (χ3n) is 3.00. The standard InChI is InChI=1S/C13H12F2O2/c14-13(15)9-3-1-8(2-4-9)10-5-11(16)7-12(17)6-10/h1-4,10,13H,5-7H2. The maximum absolute atomic E-state index is 12.4. The van der Waals surface area contributed by atoms with Crippen LogP contribution in [0.1, 0.15) is 42.7 Å². The lowest BCUT2D eigenvalue weighted by molar-refractivity contribution is -0.130. The number of hydrogen-bond acceptors (Lipinski definition) is 2. The first-order valence-electron chi connectivity index (χ1n) is 5.47. The monoisotopic (exact) mass is 238 g/mol. The molecule has 0 N–H and O–H groups in total. The average molecular weight is 238 g/mol. The van der Waals surface area contributed by atoms with Crippen molar-refractivity contribution >= 4 is 11.6 Å². The van der Waals surface area contributed by atoms with Crippen molar-refractivity contribution in [2.45, 2.75) is 31.6 Å². The Morgan fingerprint density at radius 1 is 1.00 bits per heavy atom. The smallest absolute Gasteiger partial charge is 0.263 e. The molecule has 0 radical (unpaired) electrons. The molecule has 90 valence electrons. The zero-order valence-corrected chi connectivity index (χ0v) is 9.16. The van der Waals surface area contributed by atoms with Crippen molar-refractivity contribution in [2.24, 2.45) is 0 Å². The van der Waals surface area contributed by atoms with Crippen LogP contribution in [0.5, 0.6) is 0 Å². The van der Waals surface area contributed by atoms with Gasteiger partial charge in [0.2, 0.25) is 0 Å². The second-order valence-corrected chi connectivity index (χ2v) is 4.33. The average Bonchev–Trinajstić information content (AvgIpc) is 2.28. The highest BCUT2D eigenvalue weighted by Crippen LogP contribution is 2.30. The molecule has 1 fully saturated rings. The van der Waals surface area contributed by atoms with E-state index in [1.807, 2.05) is 0 Å². The summed E-state index contributed by atoms with van der Waals surface area (Å²) in [5, 5.41) is 0. The molecule has 1 saturated carbocycles. The molecular weight excluding hydrogens is 226 g/mol. The zero-order chi connectivity index (χ0) is 12.4. The zero-order valence-electron chi connectivity index (χ0n) is 9.16. The van der Waals surface area contributed by atoms with Crippen LogP contribution in [0.3, 0.4) is 0 Å². The van der Waals surface area contributed by atoms with Crippen LogP contribution >= 0.6 is 0 Å². The summed E-state index contributed by atoms with van der Waals surface area (Å²) in [6, 6.07) is 5.86. The number of alkyl halides is 2. The number of benzene rings is 1. The lowest BCUT2D eigenvalue weighted by Gasteiger charge is -2.20. The van der Waals surface area contributed by atoms with E-state index in [2.05, 4.69) is 0 Å². The van der Waals surface area contributed by atoms with Crippen LogP contribution in [-0.2, 0) is 9.59 Å². The Kier molecular flexibility index (Phi) is 3.31. The molecule has 0 atom stereocenters. The Balaban J connectivity index is 2.16. The SMILES string of the molecule is O=C1CC(=O)CC(c2ccc(C(F)F)cc2)C1. The molecule has 0 amide bonds. The molecule has 1 aliphatic carbocycles. The Labute approximate surface area is 97.6 Å². The molecule has 0 unspecified atom stereocenters. The van der Waals surface area contributed by atoms with Crippen molar-refractivity contribution in [3.8, 4) is 0 Å². The van der Waals surface area contributed by atoms with Gasteiger partial charge >= 0.3 is 0 Å². The van der Waals surface area contributed by atoms with E-state index in [1.54, 1.807) is 12.1 Å². The molecule has 0 heterocycles. The summed E-state index contributed by atoms with van der Waals surface area (Å²) in [6.07, 6.45) is -1.80. The molecule has 0 bridgehead atoms. The summed E-state index contributed by atoms with van der Waals surface area (Å²) in [6.45, 7) is 0. The maximum atomic E-state index is 12.4. The van der Waals surface area contributed by atoms with Gasteiger partial charge in [-0.1, -0.05) is 24.3 Å². The van der Waals surface area contributed by atoms with Crippen molar-refractivity contribution in [3.05, 3.63) is 35.4 Å². The van der Waals surface area contributed by atoms with Gasteiger partial charge in [-0.25, -0.2) is 8.78 Å². The number of hydrogen-bond donors (Lipinski definition) is 0. The third kappa shape index (κ3) is 2.75. The van der Waals surface area contributed by atoms with E-state index in [4.69, 9.17) is 0 Å². The normalized spacial score (nSPS) is 17.8. The maximum Gasteiger partial charge on any atom is 0.263 e. The summed E-state index contributed by atoms with van der Waals surface area (Å²) in [4.78, 5) is 22.6. The van der Waals surface area contributed by atoms with Gasteiger partial charge in [-0.3, -0.25) is 9.59 Å². The molecule has 0 spiro atoms. The van der Waals surface area contributed by atoms with E-state index >= 15 is 0 Å². The second-order valence-electron chi connectivity index (χ2n) is 4.33. The minimum atomic E-state index is -2.49. The molecule has 1 aromatic carbocycles. The number of carbonyl (C=O) groups is 2. The van der Waals surface area contributed by atoms with E-state index in [-0.39, 0.29) is 29.5 Å². The van der Waals surface area contributed by atoms with Gasteiger partial charge in [-0.2, -0.15) is 0 Å². The largest absolute Gasteiger partial charge is 0.299 e. The molecule has 1 aliphatic rings. The number of ketones is 2. The molecule has 1 aromatic rings. The van der Waals surface area contributed by atoms with Crippen LogP contribution in [-0.4, -0.2) is 11.6 Å². The van der Waals surface area contributed by atoms with Gasteiger partial charge in [0.25, 0.3) is 6.43 Å². The minimum Gasteiger partial charge on any atom is -0.299 e. The Morgan fingerprint density at radius 2 is 1.53 bits per heavy atom. The van der Waals surface area contributed by atoms with E-state index in [0.29, 0.717) is 12.8 Å². The highest BCUT2D eigenvalue weighted by Gasteiger charge is 2.26. The predicted octanol–water partition coefficient (Wildman–Crippen LogP) is 3.03. The fraction of sp³-hybridized carbons (Fsp3) is 0.385. The summed E-state index contributed by atoms with van der Waals surface area (Å²) in [5.74, 6) is -0.274. The predicted molar refractivity (Wildman–Crippen MR) is 58.0 cm³/mol. The van der Waals surface area contributed by atoms with Crippen LogP contribution in [0.25, 0.3) is 0 Å². The first-order chi connectivity index (χ1) is 8.06. The Hall–Kier alpha value is -1.58. The fourth-order valence-corrected chi connectivity index (χ4v) is 2.14. The second kappa shape index (κ2) is 4.73. The molecule has 0 aliphatic heterocycles. The molecule has 4 heteroatoms. The molecule has 2 nitrogen and oxygen atoms in total. The summed E-state index contributed by atoms with van der Waals surface area (Å²) in [7, 11) is 0. The quantitative estimate of drug-likeness (QED) is 0.742. The van der Waals surface area contributed by atoms with E-state index < -0.39 is 6.43 Å². The van der Waals surface area contributed by atoms with Gasteiger partial charge in [0.1, 0.15) is 11.6 Å². The van der Waals surface area contributed by atoms with Gasteiger partial charge in [0.05, 0.1) is 6.42 Å². The van der Waals surface area contributed by atoms with E-state index in [0.717, 1.165) is 5.56 Å². The number of rotatable bonds is 2. The van der Waals surface area contributed by atoms with Gasteiger partial charge in [-0.05, 0) is 11.5 Å². The number of carbonyl (C=O) groups excluding carboxylic acids is 2. The summed E-state index contributed by atoms with van der Waals surface area (Å²) in [5.41, 5.74) is 0.748. The van der Waals surface area contributed by atoms with Crippen LogP contribution < -0.4 is 0 Å². The number of Topliss-reactive ketones (excluding diaryl/α,β-unsaturated/α-hetero) is 2. The topological polar surface area (TPSA) is 34.1 Å². The molecule has 0 aromatic heterocycles. The minimum absolute atomic E-state index is 0.0195. The van der Waals surface area contributed by atoms with Crippen molar-refractivity contribution < 1.29 is 18.4 Å².